The summed E-state index contributed by atoms with van der Waals surface area (Å²) in [6.45, 7) is 6.41. The van der Waals surface area contributed by atoms with E-state index >= 15 is 0 Å². The molecule has 0 aliphatic carbocycles. The molecule has 0 rings (SSSR count). The molecule has 0 spiro atoms. The van der Waals surface area contributed by atoms with Crippen molar-refractivity contribution in [2.75, 3.05) is 0 Å². The van der Waals surface area contributed by atoms with Gasteiger partial charge in [0.05, 0.1) is 6.07 Å². The smallest absolute Gasteiger partial charge is 0.0943 e. The van der Waals surface area contributed by atoms with Crippen molar-refractivity contribution in [1.82, 2.24) is 0 Å². The van der Waals surface area contributed by atoms with Gasteiger partial charge in [0.15, 0.2) is 0 Å². The van der Waals surface area contributed by atoms with Crippen molar-refractivity contribution in [1.29, 1.82) is 5.26 Å². The summed E-state index contributed by atoms with van der Waals surface area (Å²) in [7, 11) is 0. The second-order valence-electron chi connectivity index (χ2n) is 4.99. The van der Waals surface area contributed by atoms with Gasteiger partial charge in [0.25, 0.3) is 0 Å². The molecule has 0 atom stereocenters. The molecule has 19 heavy (non-hydrogen) atoms. The standard InChI is InChI=1S/C18H25N/c1-5-6-7-13-18(15-19)14-9-12-17(4)11-8-10-16(2)3/h1,10,12-13H,6-9,11,14H2,2-4H3/b17-12+,18-13-. The Kier molecular flexibility index (Phi) is 10.3. The molecule has 0 aliphatic rings. The maximum atomic E-state index is 8.99. The normalized spacial score (nSPS) is 11.6. The molecular weight excluding hydrogens is 230 g/mol. The van der Waals surface area contributed by atoms with E-state index < -0.39 is 0 Å². The van der Waals surface area contributed by atoms with Crippen LogP contribution in [0.2, 0.25) is 0 Å². The molecule has 0 radical (unpaired) electrons. The first-order chi connectivity index (χ1) is 9.10. The van der Waals surface area contributed by atoms with E-state index in [4.69, 9.17) is 11.7 Å². The summed E-state index contributed by atoms with van der Waals surface area (Å²) in [6.07, 6.45) is 17.1. The van der Waals surface area contributed by atoms with Gasteiger partial charge in [0.2, 0.25) is 0 Å². The lowest BCUT2D eigenvalue weighted by atomic mass is 10.1. The van der Waals surface area contributed by atoms with Crippen LogP contribution in [0.15, 0.2) is 34.9 Å². The van der Waals surface area contributed by atoms with Crippen LogP contribution in [0.25, 0.3) is 0 Å². The molecule has 0 aromatic carbocycles. The van der Waals surface area contributed by atoms with Crippen LogP contribution in [0.4, 0.5) is 0 Å². The van der Waals surface area contributed by atoms with E-state index in [9.17, 15) is 0 Å². The Hall–Kier alpha value is -1.73. The molecule has 0 aromatic rings. The minimum atomic E-state index is 0.711. The highest BCUT2D eigenvalue weighted by molar-refractivity contribution is 5.21. The molecule has 0 aromatic heterocycles. The highest BCUT2D eigenvalue weighted by Crippen LogP contribution is 2.12. The van der Waals surface area contributed by atoms with E-state index in [0.29, 0.717) is 6.42 Å². The highest BCUT2D eigenvalue weighted by Gasteiger charge is 1.95. The number of nitriles is 1. The van der Waals surface area contributed by atoms with Crippen molar-refractivity contribution in [3.8, 4) is 18.4 Å². The lowest BCUT2D eigenvalue weighted by molar-refractivity contribution is 0.922. The fourth-order valence-corrected chi connectivity index (χ4v) is 1.70. The van der Waals surface area contributed by atoms with Crippen LogP contribution in [0.1, 0.15) is 59.3 Å². The van der Waals surface area contributed by atoms with Crippen molar-refractivity contribution < 1.29 is 0 Å². The molecule has 0 saturated heterocycles. The lowest BCUT2D eigenvalue weighted by Gasteiger charge is -2.00. The molecule has 0 aliphatic heterocycles. The van der Waals surface area contributed by atoms with Gasteiger partial charge in [-0.05, 0) is 52.9 Å². The largest absolute Gasteiger partial charge is 0.193 e. The van der Waals surface area contributed by atoms with Crippen LogP contribution >= 0.6 is 0 Å². The van der Waals surface area contributed by atoms with Gasteiger partial charge >= 0.3 is 0 Å². The molecule has 0 bridgehead atoms. The molecule has 0 fully saturated rings. The predicted molar refractivity (Wildman–Crippen MR) is 83.4 cm³/mol. The Morgan fingerprint density at radius 3 is 2.26 bits per heavy atom. The zero-order valence-corrected chi connectivity index (χ0v) is 12.5. The first kappa shape index (κ1) is 17.3. The first-order valence-electron chi connectivity index (χ1n) is 6.91. The quantitative estimate of drug-likeness (QED) is 0.249. The van der Waals surface area contributed by atoms with Gasteiger partial charge in [-0.2, -0.15) is 5.26 Å². The fraction of sp³-hybridized carbons (Fsp3) is 0.500. The minimum Gasteiger partial charge on any atom is -0.193 e. The van der Waals surface area contributed by atoms with Crippen LogP contribution in [0.5, 0.6) is 0 Å². The van der Waals surface area contributed by atoms with E-state index in [1.54, 1.807) is 0 Å². The van der Waals surface area contributed by atoms with E-state index in [-0.39, 0.29) is 0 Å². The Bertz CT molecular complexity index is 418. The van der Waals surface area contributed by atoms with E-state index in [1.807, 2.05) is 6.08 Å². The van der Waals surface area contributed by atoms with E-state index in [0.717, 1.165) is 37.7 Å². The zero-order valence-electron chi connectivity index (χ0n) is 12.5. The molecule has 1 heteroatoms. The van der Waals surface area contributed by atoms with Gasteiger partial charge in [-0.25, -0.2) is 0 Å². The number of hydrogen-bond donors (Lipinski definition) is 0. The Morgan fingerprint density at radius 1 is 1.00 bits per heavy atom. The maximum Gasteiger partial charge on any atom is 0.0943 e. The number of terminal acetylenes is 1. The van der Waals surface area contributed by atoms with Crippen molar-refractivity contribution in [2.45, 2.75) is 59.3 Å². The van der Waals surface area contributed by atoms with Crippen LogP contribution in [0.3, 0.4) is 0 Å². The number of unbranched alkanes of at least 4 members (excludes halogenated alkanes) is 1. The van der Waals surface area contributed by atoms with E-state index in [1.165, 1.54) is 11.1 Å². The summed E-state index contributed by atoms with van der Waals surface area (Å²) >= 11 is 0. The Labute approximate surface area is 118 Å². The third-order valence-corrected chi connectivity index (χ3v) is 2.82. The third-order valence-electron chi connectivity index (χ3n) is 2.82. The Balaban J connectivity index is 4.04. The first-order valence-corrected chi connectivity index (χ1v) is 6.91. The van der Waals surface area contributed by atoms with Crippen LogP contribution in [-0.4, -0.2) is 0 Å². The van der Waals surface area contributed by atoms with Crippen molar-refractivity contribution >= 4 is 0 Å². The van der Waals surface area contributed by atoms with Crippen molar-refractivity contribution in [3.63, 3.8) is 0 Å². The van der Waals surface area contributed by atoms with Crippen molar-refractivity contribution in [2.24, 2.45) is 0 Å². The summed E-state index contributed by atoms with van der Waals surface area (Å²) in [4.78, 5) is 0. The highest BCUT2D eigenvalue weighted by atomic mass is 14.2. The summed E-state index contributed by atoms with van der Waals surface area (Å²) < 4.78 is 0. The maximum absolute atomic E-state index is 8.99. The summed E-state index contributed by atoms with van der Waals surface area (Å²) in [5.74, 6) is 2.58. The minimum absolute atomic E-state index is 0.711. The van der Waals surface area contributed by atoms with Gasteiger partial charge in [-0.15, -0.1) is 12.3 Å². The summed E-state index contributed by atoms with van der Waals surface area (Å²) in [5.41, 5.74) is 3.62. The third kappa shape index (κ3) is 11.1. The monoisotopic (exact) mass is 255 g/mol. The van der Waals surface area contributed by atoms with Crippen LogP contribution < -0.4 is 0 Å². The van der Waals surface area contributed by atoms with Gasteiger partial charge in [0.1, 0.15) is 0 Å². The summed E-state index contributed by atoms with van der Waals surface area (Å²) in [5, 5.41) is 8.99. The van der Waals surface area contributed by atoms with Crippen molar-refractivity contribution in [3.05, 3.63) is 34.9 Å². The zero-order chi connectivity index (χ0) is 14.5. The molecule has 0 amide bonds. The average Bonchev–Trinajstić information content (AvgIpc) is 2.36. The van der Waals surface area contributed by atoms with Crippen LogP contribution in [-0.2, 0) is 0 Å². The molecule has 0 saturated carbocycles. The number of hydrogen-bond acceptors (Lipinski definition) is 1. The molecule has 1 nitrogen and oxygen atoms in total. The average molecular weight is 255 g/mol. The molecule has 102 valence electrons. The molecular formula is C18H25N. The molecule has 0 heterocycles. The van der Waals surface area contributed by atoms with Gasteiger partial charge in [0, 0.05) is 12.0 Å². The van der Waals surface area contributed by atoms with Gasteiger partial charge in [-0.3, -0.25) is 0 Å². The number of rotatable bonds is 8. The number of nitrogens with zero attached hydrogens (tertiary/aromatic N) is 1. The molecule has 0 N–H and O–H groups in total. The topological polar surface area (TPSA) is 23.8 Å². The van der Waals surface area contributed by atoms with Gasteiger partial charge in [-0.1, -0.05) is 29.4 Å². The van der Waals surface area contributed by atoms with E-state index in [2.05, 4.69) is 44.9 Å². The van der Waals surface area contributed by atoms with Crippen LogP contribution in [0, 0.1) is 23.7 Å². The predicted octanol–water partition coefficient (Wildman–Crippen LogP) is 5.32. The fourth-order valence-electron chi connectivity index (χ4n) is 1.70. The number of allylic oxidation sites excluding steroid dienone is 6. The van der Waals surface area contributed by atoms with Gasteiger partial charge < -0.3 is 0 Å². The Morgan fingerprint density at radius 2 is 1.68 bits per heavy atom. The lowest BCUT2D eigenvalue weighted by Crippen LogP contribution is -1.82. The summed E-state index contributed by atoms with van der Waals surface area (Å²) in [6, 6.07) is 2.25. The SMILES string of the molecule is C#CCC/C=C(\C#N)CC/C=C(\C)CCC=C(C)C. The second-order valence-corrected chi connectivity index (χ2v) is 4.99. The molecule has 0 unspecified atom stereocenters. The second kappa shape index (κ2) is 11.4.